The number of hydrogen-bond donors (Lipinski definition) is 1. The Morgan fingerprint density at radius 1 is 1.02 bits per heavy atom. The van der Waals surface area contributed by atoms with E-state index < -0.39 is 29.6 Å². The summed E-state index contributed by atoms with van der Waals surface area (Å²) in [7, 11) is 1.51. The molecule has 0 saturated carbocycles. The van der Waals surface area contributed by atoms with Gasteiger partial charge in [-0.05, 0) is 35.9 Å². The van der Waals surface area contributed by atoms with Gasteiger partial charge in [0.05, 0.1) is 37.8 Å². The van der Waals surface area contributed by atoms with Crippen molar-refractivity contribution in [2.75, 3.05) is 58.4 Å². The fraction of sp³-hybridized carbons (Fsp3) is 0.323. The van der Waals surface area contributed by atoms with E-state index in [0.29, 0.717) is 48.0 Å². The molecule has 220 valence electrons. The quantitative estimate of drug-likeness (QED) is 0.404. The number of carbonyl (C=O) groups is 2. The fourth-order valence-electron chi connectivity index (χ4n) is 5.06. The van der Waals surface area contributed by atoms with Crippen LogP contribution in [0.2, 0.25) is 0 Å². The van der Waals surface area contributed by atoms with Crippen molar-refractivity contribution in [3.8, 4) is 5.75 Å². The van der Waals surface area contributed by atoms with E-state index in [9.17, 15) is 18.4 Å². The minimum absolute atomic E-state index is 0.236. The topological polar surface area (TPSA) is 86.7 Å². The summed E-state index contributed by atoms with van der Waals surface area (Å²) >= 11 is 0. The standard InChI is InChI=1S/C31H33F2N5O4/c1-41-29-9-5-4-8-26(29)34-31(40)37(15-14-36-16-18-42-19-17-36)21-30(39)38-28(24-6-2-3-7-25(24)33)20-27(35-38)22-10-12-23(32)13-11-22/h2-13,28H,14-21H2,1H3,(H,34,40). The van der Waals surface area contributed by atoms with Crippen molar-refractivity contribution < 1.29 is 27.8 Å². The van der Waals surface area contributed by atoms with E-state index in [2.05, 4.69) is 15.3 Å². The molecule has 0 aliphatic carbocycles. The van der Waals surface area contributed by atoms with Crippen LogP contribution in [-0.4, -0.2) is 85.5 Å². The molecular weight excluding hydrogens is 544 g/mol. The molecule has 9 nitrogen and oxygen atoms in total. The maximum absolute atomic E-state index is 15.0. The molecule has 42 heavy (non-hydrogen) atoms. The second kappa shape index (κ2) is 13.5. The Bertz CT molecular complexity index is 1430. The van der Waals surface area contributed by atoms with Crippen molar-refractivity contribution in [1.29, 1.82) is 0 Å². The summed E-state index contributed by atoms with van der Waals surface area (Å²) in [6.07, 6.45) is 0.236. The van der Waals surface area contributed by atoms with Gasteiger partial charge in [0.25, 0.3) is 5.91 Å². The summed E-state index contributed by atoms with van der Waals surface area (Å²) in [5.74, 6) is -0.850. The largest absolute Gasteiger partial charge is 0.495 e. The van der Waals surface area contributed by atoms with Crippen LogP contribution in [0.25, 0.3) is 0 Å². The highest BCUT2D eigenvalue weighted by atomic mass is 19.1. The predicted molar refractivity (Wildman–Crippen MR) is 154 cm³/mol. The molecule has 1 saturated heterocycles. The molecule has 5 rings (SSSR count). The first-order valence-electron chi connectivity index (χ1n) is 13.8. The Balaban J connectivity index is 1.40. The minimum Gasteiger partial charge on any atom is -0.495 e. The number of morpholine rings is 1. The number of rotatable bonds is 9. The SMILES string of the molecule is COc1ccccc1NC(=O)N(CCN1CCOCC1)CC(=O)N1N=C(c2ccc(F)cc2)CC1c1ccccc1F. The van der Waals surface area contributed by atoms with Crippen molar-refractivity contribution >= 4 is 23.3 Å². The average Bonchev–Trinajstić information content (AvgIpc) is 3.46. The Morgan fingerprint density at radius 3 is 2.48 bits per heavy atom. The maximum Gasteiger partial charge on any atom is 0.322 e. The van der Waals surface area contributed by atoms with E-state index in [-0.39, 0.29) is 19.5 Å². The summed E-state index contributed by atoms with van der Waals surface area (Å²) in [5, 5.41) is 8.67. The molecule has 0 bridgehead atoms. The van der Waals surface area contributed by atoms with E-state index in [1.54, 1.807) is 54.6 Å². The molecule has 0 spiro atoms. The summed E-state index contributed by atoms with van der Waals surface area (Å²) in [4.78, 5) is 31.0. The highest BCUT2D eigenvalue weighted by Gasteiger charge is 2.36. The highest BCUT2D eigenvalue weighted by Crippen LogP contribution is 2.34. The van der Waals surface area contributed by atoms with Gasteiger partial charge in [-0.3, -0.25) is 9.69 Å². The molecule has 2 heterocycles. The molecule has 11 heteroatoms. The molecular formula is C31H33F2N5O4. The van der Waals surface area contributed by atoms with Crippen LogP contribution >= 0.6 is 0 Å². The van der Waals surface area contributed by atoms with Crippen LogP contribution in [0.4, 0.5) is 19.3 Å². The zero-order chi connectivity index (χ0) is 29.5. The summed E-state index contributed by atoms with van der Waals surface area (Å²) in [5.41, 5.74) is 1.93. The smallest absolute Gasteiger partial charge is 0.322 e. The lowest BCUT2D eigenvalue weighted by molar-refractivity contribution is -0.133. The third-order valence-electron chi connectivity index (χ3n) is 7.36. The number of amides is 3. The monoisotopic (exact) mass is 577 g/mol. The molecule has 1 fully saturated rings. The zero-order valence-electron chi connectivity index (χ0n) is 23.3. The molecule has 1 atom stereocenters. The van der Waals surface area contributed by atoms with E-state index in [0.717, 1.165) is 13.1 Å². The van der Waals surface area contributed by atoms with Crippen LogP contribution < -0.4 is 10.1 Å². The Labute approximate surface area is 243 Å². The highest BCUT2D eigenvalue weighted by molar-refractivity contribution is 6.03. The van der Waals surface area contributed by atoms with Crippen LogP contribution in [0.1, 0.15) is 23.6 Å². The lowest BCUT2D eigenvalue weighted by Gasteiger charge is -2.31. The second-order valence-electron chi connectivity index (χ2n) is 10.0. The van der Waals surface area contributed by atoms with Gasteiger partial charge in [0.2, 0.25) is 0 Å². The molecule has 3 aromatic rings. The van der Waals surface area contributed by atoms with Crippen LogP contribution in [0, 0.1) is 11.6 Å². The normalized spacial score (nSPS) is 17.1. The van der Waals surface area contributed by atoms with Gasteiger partial charge in [0.1, 0.15) is 23.9 Å². The van der Waals surface area contributed by atoms with E-state index in [4.69, 9.17) is 9.47 Å². The number of halogens is 2. The molecule has 3 amide bonds. The van der Waals surface area contributed by atoms with Gasteiger partial charge < -0.3 is 19.7 Å². The van der Waals surface area contributed by atoms with Crippen molar-refractivity contribution in [1.82, 2.24) is 14.8 Å². The summed E-state index contributed by atoms with van der Waals surface area (Å²) in [6.45, 7) is 3.16. The van der Waals surface area contributed by atoms with Gasteiger partial charge in [0, 0.05) is 38.2 Å². The van der Waals surface area contributed by atoms with Gasteiger partial charge in [-0.2, -0.15) is 5.10 Å². The van der Waals surface area contributed by atoms with Crippen LogP contribution in [0.15, 0.2) is 77.9 Å². The van der Waals surface area contributed by atoms with Gasteiger partial charge in [-0.25, -0.2) is 18.6 Å². The number of ether oxygens (including phenoxy) is 2. The number of anilines is 1. The number of methoxy groups -OCH3 is 1. The number of nitrogens with zero attached hydrogens (tertiary/aromatic N) is 4. The van der Waals surface area contributed by atoms with Crippen molar-refractivity contribution in [3.63, 3.8) is 0 Å². The van der Waals surface area contributed by atoms with Crippen LogP contribution in [0.3, 0.4) is 0 Å². The Kier molecular flexibility index (Phi) is 9.40. The molecule has 2 aliphatic rings. The third kappa shape index (κ3) is 6.92. The number of carbonyl (C=O) groups excluding carboxylic acids is 2. The predicted octanol–water partition coefficient (Wildman–Crippen LogP) is 4.52. The first kappa shape index (κ1) is 29.2. The Morgan fingerprint density at radius 2 is 1.74 bits per heavy atom. The van der Waals surface area contributed by atoms with Crippen LogP contribution in [0.5, 0.6) is 5.75 Å². The maximum atomic E-state index is 15.0. The molecule has 1 unspecified atom stereocenters. The summed E-state index contributed by atoms with van der Waals surface area (Å²) < 4.78 is 39.3. The van der Waals surface area contributed by atoms with Gasteiger partial charge in [0.15, 0.2) is 0 Å². The zero-order valence-corrected chi connectivity index (χ0v) is 23.3. The van der Waals surface area contributed by atoms with Crippen LogP contribution in [-0.2, 0) is 9.53 Å². The number of hydrogen-bond acceptors (Lipinski definition) is 6. The van der Waals surface area contributed by atoms with Crippen molar-refractivity contribution in [2.24, 2.45) is 5.10 Å². The average molecular weight is 578 g/mol. The second-order valence-corrected chi connectivity index (χ2v) is 10.0. The number of hydrazone groups is 1. The third-order valence-corrected chi connectivity index (χ3v) is 7.36. The lowest BCUT2D eigenvalue weighted by Crippen LogP contribution is -2.47. The van der Waals surface area contributed by atoms with E-state index in [1.807, 2.05) is 0 Å². The number of urea groups is 1. The molecule has 0 aromatic heterocycles. The number of benzene rings is 3. The fourth-order valence-corrected chi connectivity index (χ4v) is 5.06. The van der Waals surface area contributed by atoms with Gasteiger partial charge >= 0.3 is 6.03 Å². The molecule has 0 radical (unpaired) electrons. The first-order valence-corrected chi connectivity index (χ1v) is 13.8. The number of nitrogens with one attached hydrogen (secondary N) is 1. The summed E-state index contributed by atoms with van der Waals surface area (Å²) in [6, 6.07) is 17.8. The first-order chi connectivity index (χ1) is 20.4. The molecule has 2 aliphatic heterocycles. The molecule has 3 aromatic carbocycles. The van der Waals surface area contributed by atoms with Gasteiger partial charge in [-0.15, -0.1) is 0 Å². The van der Waals surface area contributed by atoms with Gasteiger partial charge in [-0.1, -0.05) is 42.5 Å². The van der Waals surface area contributed by atoms with Crippen molar-refractivity contribution in [2.45, 2.75) is 12.5 Å². The van der Waals surface area contributed by atoms with Crippen molar-refractivity contribution in [3.05, 3.63) is 95.6 Å². The van der Waals surface area contributed by atoms with E-state index >= 15 is 0 Å². The number of para-hydroxylation sites is 2. The minimum atomic E-state index is -0.725. The molecule has 1 N–H and O–H groups in total. The van der Waals surface area contributed by atoms with E-state index in [1.165, 1.54) is 35.2 Å². The lowest BCUT2D eigenvalue weighted by atomic mass is 9.98. The Hall–Kier alpha value is -4.35.